The molecule has 0 saturated heterocycles. The molecule has 31 heavy (non-hydrogen) atoms. The average molecular weight is 432 g/mol. The number of nitrogens with one attached hydrogen (secondary N) is 1. The molecule has 0 aromatic carbocycles. The number of rotatable bonds is 8. The fourth-order valence-corrected chi connectivity index (χ4v) is 9.72. The van der Waals surface area contributed by atoms with Crippen LogP contribution in [0.4, 0.5) is 0 Å². The predicted octanol–water partition coefficient (Wildman–Crippen LogP) is 7.20. The normalized spacial score (nSPS) is 46.6. The number of hydrogen-bond donors (Lipinski definition) is 2. The van der Waals surface area contributed by atoms with Crippen LogP contribution >= 0.6 is 0 Å². The maximum atomic E-state index is 10.3. The summed E-state index contributed by atoms with van der Waals surface area (Å²) >= 11 is 0. The van der Waals surface area contributed by atoms with E-state index in [2.05, 4.69) is 39.9 Å². The molecule has 2 nitrogen and oxygen atoms in total. The topological polar surface area (TPSA) is 32.3 Å². The summed E-state index contributed by atoms with van der Waals surface area (Å²) in [6.45, 7) is 13.8. The summed E-state index contributed by atoms with van der Waals surface area (Å²) in [5, 5.41) is 14.0. The number of fused-ring (bicyclic) bond motifs is 5. The molecule has 4 saturated carbocycles. The van der Waals surface area contributed by atoms with E-state index in [1.807, 2.05) is 0 Å². The van der Waals surface area contributed by atoms with Crippen LogP contribution in [0.5, 0.6) is 0 Å². The number of aliphatic hydroxyl groups is 1. The van der Waals surface area contributed by atoms with Gasteiger partial charge in [0.05, 0.1) is 6.10 Å². The maximum Gasteiger partial charge on any atom is 0.0543 e. The zero-order chi connectivity index (χ0) is 22.2. The van der Waals surface area contributed by atoms with Crippen LogP contribution in [0.2, 0.25) is 0 Å². The molecule has 2 N–H and O–H groups in total. The molecular weight excluding hydrogens is 378 g/mol. The van der Waals surface area contributed by atoms with Crippen LogP contribution < -0.4 is 5.32 Å². The van der Waals surface area contributed by atoms with Crippen molar-refractivity contribution in [1.82, 2.24) is 5.32 Å². The molecule has 0 amide bonds. The molecule has 4 aliphatic rings. The van der Waals surface area contributed by atoms with E-state index in [9.17, 15) is 5.11 Å². The Hall–Kier alpha value is -0.0800. The van der Waals surface area contributed by atoms with Gasteiger partial charge in [-0.3, -0.25) is 0 Å². The van der Waals surface area contributed by atoms with Gasteiger partial charge in [-0.2, -0.15) is 0 Å². The van der Waals surface area contributed by atoms with E-state index in [0.29, 0.717) is 16.9 Å². The van der Waals surface area contributed by atoms with Crippen molar-refractivity contribution < 1.29 is 5.11 Å². The van der Waals surface area contributed by atoms with E-state index in [4.69, 9.17) is 0 Å². The van der Waals surface area contributed by atoms with Gasteiger partial charge in [-0.1, -0.05) is 34.1 Å². The van der Waals surface area contributed by atoms with Crippen molar-refractivity contribution in [1.29, 1.82) is 0 Å². The van der Waals surface area contributed by atoms with Crippen LogP contribution in [-0.2, 0) is 0 Å². The zero-order valence-corrected chi connectivity index (χ0v) is 21.5. The molecule has 0 aromatic heterocycles. The quantitative estimate of drug-likeness (QED) is 0.398. The first-order valence-corrected chi connectivity index (χ1v) is 14.2. The van der Waals surface area contributed by atoms with E-state index in [1.165, 1.54) is 77.2 Å². The van der Waals surface area contributed by atoms with E-state index in [0.717, 1.165) is 48.3 Å². The lowest BCUT2D eigenvalue weighted by Crippen LogP contribution is -2.54. The molecule has 180 valence electrons. The van der Waals surface area contributed by atoms with Gasteiger partial charge in [-0.15, -0.1) is 0 Å². The van der Waals surface area contributed by atoms with Gasteiger partial charge in [-0.05, 0) is 137 Å². The third-order valence-corrected chi connectivity index (χ3v) is 11.4. The summed E-state index contributed by atoms with van der Waals surface area (Å²) in [5.41, 5.74) is 1.12. The van der Waals surface area contributed by atoms with E-state index in [1.54, 1.807) is 0 Å². The molecule has 0 bridgehead atoms. The van der Waals surface area contributed by atoms with Crippen LogP contribution in [-0.4, -0.2) is 23.8 Å². The van der Waals surface area contributed by atoms with E-state index in [-0.39, 0.29) is 6.10 Å². The highest BCUT2D eigenvalue weighted by molar-refractivity contribution is 5.09. The lowest BCUT2D eigenvalue weighted by molar-refractivity contribution is -0.129. The average Bonchev–Trinajstić information content (AvgIpc) is 3.09. The van der Waals surface area contributed by atoms with Gasteiger partial charge in [0.15, 0.2) is 0 Å². The van der Waals surface area contributed by atoms with E-state index < -0.39 is 0 Å². The Morgan fingerprint density at radius 1 is 0.903 bits per heavy atom. The smallest absolute Gasteiger partial charge is 0.0543 e. The third kappa shape index (κ3) is 4.51. The largest absolute Gasteiger partial charge is 0.393 e. The second kappa shape index (κ2) is 9.65. The molecule has 0 aliphatic heterocycles. The van der Waals surface area contributed by atoms with Gasteiger partial charge >= 0.3 is 0 Å². The Morgan fingerprint density at radius 2 is 1.65 bits per heavy atom. The molecule has 0 heterocycles. The fourth-order valence-electron chi connectivity index (χ4n) is 9.72. The van der Waals surface area contributed by atoms with Gasteiger partial charge in [0.2, 0.25) is 0 Å². The van der Waals surface area contributed by atoms with E-state index >= 15 is 0 Å². The lowest BCUT2D eigenvalue weighted by atomic mass is 9.44. The van der Waals surface area contributed by atoms with Crippen molar-refractivity contribution in [3.05, 3.63) is 0 Å². The monoisotopic (exact) mass is 431 g/mol. The molecular formula is C29H53NO. The van der Waals surface area contributed by atoms with Gasteiger partial charge in [0.25, 0.3) is 0 Å². The SMILES string of the molecule is CCCC(C)NCCC[C@@H](C)[C@H]1CC[C@H]2[C@@H]3CC[C@@H]4C[C@H](O)CC[C@]4(C)[C@H]3CC[C@]12C. The Balaban J connectivity index is 1.36. The summed E-state index contributed by atoms with van der Waals surface area (Å²) in [4.78, 5) is 0. The second-order valence-corrected chi connectivity index (χ2v) is 13.1. The summed E-state index contributed by atoms with van der Waals surface area (Å²) < 4.78 is 0. The first-order chi connectivity index (χ1) is 14.8. The first-order valence-electron chi connectivity index (χ1n) is 14.2. The van der Waals surface area contributed by atoms with Gasteiger partial charge in [0.1, 0.15) is 0 Å². The summed E-state index contributed by atoms with van der Waals surface area (Å²) in [6, 6.07) is 0.682. The first kappa shape index (κ1) is 24.1. The van der Waals surface area contributed by atoms with Crippen LogP contribution in [0.25, 0.3) is 0 Å². The highest BCUT2D eigenvalue weighted by atomic mass is 16.3. The third-order valence-electron chi connectivity index (χ3n) is 11.4. The molecule has 4 aliphatic carbocycles. The summed E-state index contributed by atoms with van der Waals surface area (Å²) in [5.74, 6) is 5.52. The minimum absolute atomic E-state index is 0.0142. The maximum absolute atomic E-state index is 10.3. The highest BCUT2D eigenvalue weighted by Crippen LogP contribution is 2.68. The van der Waals surface area contributed by atoms with Crippen molar-refractivity contribution in [2.75, 3.05) is 6.54 Å². The molecule has 4 fully saturated rings. The Morgan fingerprint density at radius 3 is 2.42 bits per heavy atom. The highest BCUT2D eigenvalue weighted by Gasteiger charge is 2.60. The van der Waals surface area contributed by atoms with Crippen LogP contribution in [0.1, 0.15) is 118 Å². The fraction of sp³-hybridized carbons (Fsp3) is 1.00. The number of hydrogen-bond acceptors (Lipinski definition) is 2. The molecule has 4 rings (SSSR count). The lowest BCUT2D eigenvalue weighted by Gasteiger charge is -2.61. The van der Waals surface area contributed by atoms with Gasteiger partial charge in [-0.25, -0.2) is 0 Å². The Kier molecular flexibility index (Phi) is 7.49. The van der Waals surface area contributed by atoms with Crippen LogP contribution in [0, 0.1) is 46.3 Å². The minimum Gasteiger partial charge on any atom is -0.393 e. The number of aliphatic hydroxyl groups excluding tert-OH is 1. The van der Waals surface area contributed by atoms with Gasteiger partial charge in [0, 0.05) is 6.04 Å². The van der Waals surface area contributed by atoms with Crippen LogP contribution in [0.3, 0.4) is 0 Å². The zero-order valence-electron chi connectivity index (χ0n) is 21.5. The second-order valence-electron chi connectivity index (χ2n) is 13.1. The summed E-state index contributed by atoms with van der Waals surface area (Å²) in [6.07, 6.45) is 17.6. The standard InChI is InChI=1S/C29H53NO/c1-6-8-21(3)30-18-7-9-20(2)25-12-13-26-24-11-10-22-19-23(31)14-16-28(22,4)27(24)15-17-29(25,26)5/h20-27,30-31H,6-19H2,1-5H3/t20-,21?,22-,23-,24+,25-,26+,27+,28+,29-/m1/s1. The van der Waals surface area contributed by atoms with Crippen LogP contribution in [0.15, 0.2) is 0 Å². The molecule has 10 atom stereocenters. The van der Waals surface area contributed by atoms with Crippen molar-refractivity contribution in [3.63, 3.8) is 0 Å². The molecule has 0 spiro atoms. The van der Waals surface area contributed by atoms with Crippen molar-refractivity contribution in [3.8, 4) is 0 Å². The Labute approximate surface area is 193 Å². The molecule has 0 aromatic rings. The van der Waals surface area contributed by atoms with Crippen molar-refractivity contribution in [2.45, 2.75) is 130 Å². The minimum atomic E-state index is -0.0142. The summed E-state index contributed by atoms with van der Waals surface area (Å²) in [7, 11) is 0. The van der Waals surface area contributed by atoms with Crippen molar-refractivity contribution in [2.24, 2.45) is 46.3 Å². The molecule has 1 unspecified atom stereocenters. The molecule has 0 radical (unpaired) electrons. The van der Waals surface area contributed by atoms with Crippen molar-refractivity contribution >= 4 is 0 Å². The van der Waals surface area contributed by atoms with Gasteiger partial charge < -0.3 is 10.4 Å². The molecule has 2 heteroatoms. The predicted molar refractivity (Wildman–Crippen MR) is 132 cm³/mol. The Bertz CT molecular complexity index is 591.